The molecule has 24 heavy (non-hydrogen) atoms. The smallest absolute Gasteiger partial charge is 0.251 e. The number of carbonyl (C=O) groups excluding carboxylic acids is 1. The standard InChI is InChI=1S/C16H20N4O3S/c1-17-24(22,23)14-8-4-6-12(10-14)16(21)19-11-13-7-5-9-18-15(13)20(2)3/h4-10,17H,11H2,1-3H3,(H,19,21). The number of carbonyl (C=O) groups is 1. The maximum absolute atomic E-state index is 12.3. The number of hydrogen-bond donors (Lipinski definition) is 2. The Hall–Kier alpha value is -2.45. The van der Waals surface area contributed by atoms with E-state index in [4.69, 9.17) is 0 Å². The largest absolute Gasteiger partial charge is 0.362 e. The van der Waals surface area contributed by atoms with Gasteiger partial charge in [0, 0.05) is 38.0 Å². The zero-order valence-electron chi connectivity index (χ0n) is 13.8. The fourth-order valence-electron chi connectivity index (χ4n) is 2.17. The maximum Gasteiger partial charge on any atom is 0.251 e. The lowest BCUT2D eigenvalue weighted by Crippen LogP contribution is -2.25. The van der Waals surface area contributed by atoms with Crippen molar-refractivity contribution in [1.29, 1.82) is 0 Å². The van der Waals surface area contributed by atoms with Gasteiger partial charge < -0.3 is 10.2 Å². The molecule has 0 aliphatic rings. The van der Waals surface area contributed by atoms with Crippen LogP contribution in [0.1, 0.15) is 15.9 Å². The molecule has 0 aliphatic heterocycles. The number of hydrogen-bond acceptors (Lipinski definition) is 5. The molecule has 2 rings (SSSR count). The van der Waals surface area contributed by atoms with Crippen LogP contribution >= 0.6 is 0 Å². The van der Waals surface area contributed by atoms with E-state index >= 15 is 0 Å². The summed E-state index contributed by atoms with van der Waals surface area (Å²) >= 11 is 0. The van der Waals surface area contributed by atoms with Crippen LogP contribution in [-0.4, -0.2) is 40.5 Å². The molecule has 0 spiro atoms. The highest BCUT2D eigenvalue weighted by Gasteiger charge is 2.14. The van der Waals surface area contributed by atoms with Gasteiger partial charge in [0.15, 0.2) is 0 Å². The van der Waals surface area contributed by atoms with Gasteiger partial charge in [0.05, 0.1) is 4.90 Å². The summed E-state index contributed by atoms with van der Waals surface area (Å²) in [4.78, 5) is 18.5. The summed E-state index contributed by atoms with van der Waals surface area (Å²) < 4.78 is 25.9. The second-order valence-electron chi connectivity index (χ2n) is 5.30. The Balaban J connectivity index is 2.16. The second kappa shape index (κ2) is 7.41. The molecule has 1 aromatic heterocycles. The van der Waals surface area contributed by atoms with E-state index in [1.165, 1.54) is 25.2 Å². The predicted molar refractivity (Wildman–Crippen MR) is 92.4 cm³/mol. The molecule has 1 aromatic carbocycles. The lowest BCUT2D eigenvalue weighted by Gasteiger charge is -2.16. The summed E-state index contributed by atoms with van der Waals surface area (Å²) in [6, 6.07) is 9.57. The van der Waals surface area contributed by atoms with Crippen molar-refractivity contribution in [2.75, 3.05) is 26.0 Å². The van der Waals surface area contributed by atoms with Crippen LogP contribution in [0.2, 0.25) is 0 Å². The minimum absolute atomic E-state index is 0.0491. The van der Waals surface area contributed by atoms with Crippen molar-refractivity contribution < 1.29 is 13.2 Å². The first-order valence-corrected chi connectivity index (χ1v) is 8.76. The van der Waals surface area contributed by atoms with E-state index in [1.54, 1.807) is 18.3 Å². The van der Waals surface area contributed by atoms with E-state index in [9.17, 15) is 13.2 Å². The average molecular weight is 348 g/mol. The van der Waals surface area contributed by atoms with Crippen molar-refractivity contribution in [2.24, 2.45) is 0 Å². The normalized spacial score (nSPS) is 11.1. The predicted octanol–water partition coefficient (Wildman–Crippen LogP) is 0.986. The third-order valence-corrected chi connectivity index (χ3v) is 4.82. The molecule has 0 atom stereocenters. The van der Waals surface area contributed by atoms with E-state index in [0.29, 0.717) is 6.54 Å². The lowest BCUT2D eigenvalue weighted by molar-refractivity contribution is 0.0950. The highest BCUT2D eigenvalue weighted by atomic mass is 32.2. The van der Waals surface area contributed by atoms with Gasteiger partial charge in [-0.2, -0.15) is 0 Å². The number of anilines is 1. The van der Waals surface area contributed by atoms with E-state index in [0.717, 1.165) is 11.4 Å². The van der Waals surface area contributed by atoms with Gasteiger partial charge in [0.1, 0.15) is 5.82 Å². The quantitative estimate of drug-likeness (QED) is 0.812. The van der Waals surface area contributed by atoms with Crippen LogP contribution in [0.5, 0.6) is 0 Å². The summed E-state index contributed by atoms with van der Waals surface area (Å²) in [6.07, 6.45) is 1.69. The van der Waals surface area contributed by atoms with Gasteiger partial charge >= 0.3 is 0 Å². The number of benzene rings is 1. The minimum atomic E-state index is -3.59. The molecule has 2 aromatic rings. The van der Waals surface area contributed by atoms with Crippen molar-refractivity contribution in [3.8, 4) is 0 Å². The summed E-state index contributed by atoms with van der Waals surface area (Å²) in [5.74, 6) is 0.418. The molecule has 0 bridgehead atoms. The topological polar surface area (TPSA) is 91.4 Å². The second-order valence-corrected chi connectivity index (χ2v) is 7.19. The number of amides is 1. The summed E-state index contributed by atoms with van der Waals surface area (Å²) in [5, 5.41) is 2.79. The first-order valence-electron chi connectivity index (χ1n) is 7.28. The van der Waals surface area contributed by atoms with E-state index in [2.05, 4.69) is 15.0 Å². The third kappa shape index (κ3) is 4.09. The monoisotopic (exact) mass is 348 g/mol. The first kappa shape index (κ1) is 17.9. The highest BCUT2D eigenvalue weighted by molar-refractivity contribution is 7.89. The molecule has 128 valence electrons. The van der Waals surface area contributed by atoms with Gasteiger partial charge in [0.2, 0.25) is 10.0 Å². The average Bonchev–Trinajstić information content (AvgIpc) is 2.59. The molecule has 0 radical (unpaired) electrons. The molecule has 0 aliphatic carbocycles. The van der Waals surface area contributed by atoms with Crippen LogP contribution in [0.25, 0.3) is 0 Å². The molecule has 0 saturated heterocycles. The Bertz CT molecular complexity index is 835. The fourth-order valence-corrected chi connectivity index (χ4v) is 2.95. The molecule has 0 fully saturated rings. The van der Waals surface area contributed by atoms with Crippen molar-refractivity contribution in [2.45, 2.75) is 11.4 Å². The van der Waals surface area contributed by atoms with Gasteiger partial charge in [-0.25, -0.2) is 18.1 Å². The van der Waals surface area contributed by atoms with E-state index < -0.39 is 10.0 Å². The molecule has 1 heterocycles. The Kier molecular flexibility index (Phi) is 5.53. The van der Waals surface area contributed by atoms with Crippen LogP contribution in [0.4, 0.5) is 5.82 Å². The van der Waals surface area contributed by atoms with Gasteiger partial charge in [-0.3, -0.25) is 4.79 Å². The SMILES string of the molecule is CNS(=O)(=O)c1cccc(C(=O)NCc2cccnc2N(C)C)c1. The van der Waals surface area contributed by atoms with E-state index in [-0.39, 0.29) is 16.4 Å². The summed E-state index contributed by atoms with van der Waals surface area (Å²) in [6.45, 7) is 0.295. The minimum Gasteiger partial charge on any atom is -0.362 e. The van der Waals surface area contributed by atoms with Crippen LogP contribution in [0.3, 0.4) is 0 Å². The molecule has 0 unspecified atom stereocenters. The first-order chi connectivity index (χ1) is 11.3. The van der Waals surface area contributed by atoms with Crippen LogP contribution in [0, 0.1) is 0 Å². The molecule has 0 saturated carbocycles. The maximum atomic E-state index is 12.3. The van der Waals surface area contributed by atoms with Gasteiger partial charge in [-0.05, 0) is 31.3 Å². The van der Waals surface area contributed by atoms with Crippen LogP contribution in [0.15, 0.2) is 47.5 Å². The molecule has 7 nitrogen and oxygen atoms in total. The molecular weight excluding hydrogens is 328 g/mol. The lowest BCUT2D eigenvalue weighted by atomic mass is 10.2. The Morgan fingerprint density at radius 1 is 1.21 bits per heavy atom. The molecule has 8 heteroatoms. The zero-order chi connectivity index (χ0) is 17.7. The number of pyridine rings is 1. The Morgan fingerprint density at radius 3 is 2.62 bits per heavy atom. The van der Waals surface area contributed by atoms with Crippen molar-refractivity contribution in [3.05, 3.63) is 53.7 Å². The van der Waals surface area contributed by atoms with Gasteiger partial charge in [-0.1, -0.05) is 12.1 Å². The molecular formula is C16H20N4O3S. The van der Waals surface area contributed by atoms with Crippen molar-refractivity contribution in [3.63, 3.8) is 0 Å². The summed E-state index contributed by atoms with van der Waals surface area (Å²) in [5.41, 5.74) is 1.15. The van der Waals surface area contributed by atoms with Crippen molar-refractivity contribution in [1.82, 2.24) is 15.0 Å². The van der Waals surface area contributed by atoms with E-state index in [1.807, 2.05) is 25.1 Å². The number of nitrogens with one attached hydrogen (secondary N) is 2. The van der Waals surface area contributed by atoms with Crippen molar-refractivity contribution >= 4 is 21.7 Å². The Morgan fingerprint density at radius 2 is 1.96 bits per heavy atom. The Labute approximate surface area is 141 Å². The number of nitrogens with zero attached hydrogens (tertiary/aromatic N) is 2. The molecule has 2 N–H and O–H groups in total. The third-order valence-electron chi connectivity index (χ3n) is 3.41. The zero-order valence-corrected chi connectivity index (χ0v) is 14.6. The fraction of sp³-hybridized carbons (Fsp3) is 0.250. The number of sulfonamides is 1. The molecule has 1 amide bonds. The number of rotatable bonds is 6. The van der Waals surface area contributed by atoms with Gasteiger partial charge in [-0.15, -0.1) is 0 Å². The van der Waals surface area contributed by atoms with Crippen LogP contribution < -0.4 is 14.9 Å². The van der Waals surface area contributed by atoms with Gasteiger partial charge in [0.25, 0.3) is 5.91 Å². The number of aromatic nitrogens is 1. The summed E-state index contributed by atoms with van der Waals surface area (Å²) in [7, 11) is 1.49. The van der Waals surface area contributed by atoms with Crippen LogP contribution in [-0.2, 0) is 16.6 Å². The highest BCUT2D eigenvalue weighted by Crippen LogP contribution is 2.15.